The van der Waals surface area contributed by atoms with E-state index in [2.05, 4.69) is 158 Å². The van der Waals surface area contributed by atoms with Crippen LogP contribution in [0.2, 0.25) is 0 Å². The van der Waals surface area contributed by atoms with Gasteiger partial charge in [-0.2, -0.15) is 0 Å². The summed E-state index contributed by atoms with van der Waals surface area (Å²) < 4.78 is 2.68. The van der Waals surface area contributed by atoms with Crippen LogP contribution in [0.15, 0.2) is 158 Å². The Morgan fingerprint density at radius 1 is 0.391 bits per heavy atom. The number of benzene rings is 8. The van der Waals surface area contributed by atoms with E-state index >= 15 is 0 Å². The summed E-state index contributed by atoms with van der Waals surface area (Å²) in [6.45, 7) is 0. The molecule has 0 saturated carbocycles. The molecule has 8 aromatic carbocycles. The number of rotatable bonds is 2. The van der Waals surface area contributed by atoms with Gasteiger partial charge in [-0.25, -0.2) is 0 Å². The Labute approximate surface area is 270 Å². The van der Waals surface area contributed by atoms with Crippen LogP contribution in [0.5, 0.6) is 0 Å². The minimum Gasteiger partial charge on any atom is -0.135 e. The molecule has 1 heteroatoms. The molecule has 212 valence electrons. The van der Waals surface area contributed by atoms with Crippen molar-refractivity contribution >= 4 is 53.1 Å². The summed E-state index contributed by atoms with van der Waals surface area (Å²) in [6, 6.07) is 59.4. The van der Waals surface area contributed by atoms with Gasteiger partial charge in [0.15, 0.2) is 0 Å². The van der Waals surface area contributed by atoms with Crippen LogP contribution >= 0.6 is 11.3 Å². The fourth-order valence-corrected chi connectivity index (χ4v) is 10.1. The van der Waals surface area contributed by atoms with Gasteiger partial charge in [-0.05, 0) is 95.4 Å². The predicted molar refractivity (Wildman–Crippen MR) is 196 cm³/mol. The zero-order valence-corrected chi connectivity index (χ0v) is 25.7. The molecular weight excluding hydrogens is 573 g/mol. The molecule has 1 atom stereocenters. The minimum absolute atomic E-state index is 0.399. The van der Waals surface area contributed by atoms with Gasteiger partial charge >= 0.3 is 0 Å². The summed E-state index contributed by atoms with van der Waals surface area (Å²) >= 11 is 1.88. The van der Waals surface area contributed by atoms with Crippen molar-refractivity contribution in [3.05, 3.63) is 180 Å². The van der Waals surface area contributed by atoms with Gasteiger partial charge in [0, 0.05) is 20.2 Å². The third kappa shape index (κ3) is 2.91. The maximum atomic E-state index is 2.44. The lowest BCUT2D eigenvalue weighted by molar-refractivity contribution is 0.774. The van der Waals surface area contributed by atoms with Gasteiger partial charge in [0.2, 0.25) is 0 Å². The molecule has 11 rings (SSSR count). The van der Waals surface area contributed by atoms with Crippen molar-refractivity contribution in [2.75, 3.05) is 0 Å². The van der Waals surface area contributed by atoms with Crippen molar-refractivity contribution in [1.82, 2.24) is 0 Å². The van der Waals surface area contributed by atoms with Crippen molar-refractivity contribution in [1.29, 1.82) is 0 Å². The van der Waals surface area contributed by atoms with E-state index in [-0.39, 0.29) is 0 Å². The normalized spacial score (nSPS) is 15.9. The second kappa shape index (κ2) is 8.81. The lowest BCUT2D eigenvalue weighted by atomic mass is 9.61. The lowest BCUT2D eigenvalue weighted by Gasteiger charge is -2.40. The fourth-order valence-electron chi connectivity index (χ4n) is 9.01. The highest BCUT2D eigenvalue weighted by Gasteiger charge is 2.50. The van der Waals surface area contributed by atoms with Crippen molar-refractivity contribution in [3.8, 4) is 33.4 Å². The number of thiophene rings is 1. The van der Waals surface area contributed by atoms with Gasteiger partial charge in [-0.1, -0.05) is 140 Å². The van der Waals surface area contributed by atoms with Gasteiger partial charge in [-0.15, -0.1) is 11.3 Å². The Balaban J connectivity index is 1.36. The minimum atomic E-state index is -0.399. The first-order valence-electron chi connectivity index (χ1n) is 16.0. The van der Waals surface area contributed by atoms with Gasteiger partial charge in [0.25, 0.3) is 0 Å². The molecule has 2 aliphatic carbocycles. The zero-order chi connectivity index (χ0) is 30.0. The van der Waals surface area contributed by atoms with Crippen LogP contribution in [-0.4, -0.2) is 0 Å². The second-order valence-electron chi connectivity index (χ2n) is 12.7. The molecule has 1 aromatic heterocycles. The number of hydrogen-bond acceptors (Lipinski definition) is 1. The van der Waals surface area contributed by atoms with Crippen LogP contribution < -0.4 is 0 Å². The maximum Gasteiger partial charge on any atom is 0.0725 e. The van der Waals surface area contributed by atoms with Crippen molar-refractivity contribution in [2.24, 2.45) is 0 Å². The first-order chi connectivity index (χ1) is 22.8. The molecule has 0 saturated heterocycles. The van der Waals surface area contributed by atoms with E-state index in [0.717, 1.165) is 0 Å². The van der Waals surface area contributed by atoms with Crippen LogP contribution in [0.4, 0.5) is 0 Å². The summed E-state index contributed by atoms with van der Waals surface area (Å²) in [4.78, 5) is 0. The largest absolute Gasteiger partial charge is 0.135 e. The van der Waals surface area contributed by atoms with Gasteiger partial charge < -0.3 is 0 Å². The summed E-state index contributed by atoms with van der Waals surface area (Å²) in [6.07, 6.45) is 0. The van der Waals surface area contributed by atoms with E-state index in [4.69, 9.17) is 0 Å². The van der Waals surface area contributed by atoms with Crippen molar-refractivity contribution < 1.29 is 0 Å². The van der Waals surface area contributed by atoms with Crippen LogP contribution in [0, 0.1) is 0 Å². The molecule has 0 bridgehead atoms. The lowest BCUT2D eigenvalue weighted by Crippen LogP contribution is -2.31. The number of fused-ring (bicyclic) bond motifs is 10. The molecule has 46 heavy (non-hydrogen) atoms. The second-order valence-corrected chi connectivity index (χ2v) is 13.8. The average molecular weight is 599 g/mol. The Kier molecular flexibility index (Phi) is 4.75. The maximum absolute atomic E-state index is 2.44. The third-order valence-electron chi connectivity index (χ3n) is 10.7. The quantitative estimate of drug-likeness (QED) is 0.174. The van der Waals surface area contributed by atoms with E-state index in [1.807, 2.05) is 11.3 Å². The highest BCUT2D eigenvalue weighted by Crippen LogP contribution is 2.64. The van der Waals surface area contributed by atoms with Crippen LogP contribution in [-0.2, 0) is 5.41 Å². The first-order valence-corrected chi connectivity index (χ1v) is 16.8. The summed E-state index contributed by atoms with van der Waals surface area (Å²) in [7, 11) is 0. The first kappa shape index (κ1) is 24.8. The monoisotopic (exact) mass is 598 g/mol. The van der Waals surface area contributed by atoms with E-state index in [9.17, 15) is 0 Å². The molecule has 0 spiro atoms. The molecule has 1 heterocycles. The molecule has 0 radical (unpaired) electrons. The average Bonchev–Trinajstić information content (AvgIpc) is 3.65. The van der Waals surface area contributed by atoms with E-state index in [1.54, 1.807) is 0 Å². The van der Waals surface area contributed by atoms with Gasteiger partial charge in [0.05, 0.1) is 5.41 Å². The Morgan fingerprint density at radius 2 is 1.02 bits per heavy atom. The van der Waals surface area contributed by atoms with E-state index in [1.165, 1.54) is 97.4 Å². The third-order valence-corrected chi connectivity index (χ3v) is 11.8. The van der Waals surface area contributed by atoms with E-state index < -0.39 is 5.41 Å². The highest BCUT2D eigenvalue weighted by atomic mass is 32.1. The number of hydrogen-bond donors (Lipinski definition) is 0. The van der Waals surface area contributed by atoms with Gasteiger partial charge in [-0.3, -0.25) is 0 Å². The molecule has 0 N–H and O–H groups in total. The molecule has 0 fully saturated rings. The smallest absolute Gasteiger partial charge is 0.0725 e. The van der Waals surface area contributed by atoms with E-state index in [0.29, 0.717) is 0 Å². The predicted octanol–water partition coefficient (Wildman–Crippen LogP) is 12.4. The Morgan fingerprint density at radius 3 is 1.91 bits per heavy atom. The summed E-state index contributed by atoms with van der Waals surface area (Å²) in [5.74, 6) is 0. The standard InChI is InChI=1S/C45H26S/c1-2-12-28(13-3-1)45-37-21-8-6-14-29(37)33-18-10-20-35(44(33)45)42-32-17-5-4-16-31(32)41(34-19-11-22-38(45)43(34)42)27-24-25-40-36(26-27)30-15-7-9-23-39(30)46-40/h1-26H. The topological polar surface area (TPSA) is 0 Å². The molecule has 2 aliphatic rings. The highest BCUT2D eigenvalue weighted by molar-refractivity contribution is 7.25. The van der Waals surface area contributed by atoms with Crippen LogP contribution in [0.3, 0.4) is 0 Å². The Hall–Kier alpha value is -5.50. The molecule has 1 unspecified atom stereocenters. The zero-order valence-electron chi connectivity index (χ0n) is 24.9. The summed E-state index contributed by atoms with van der Waals surface area (Å²) in [5, 5.41) is 7.99. The van der Waals surface area contributed by atoms with Crippen LogP contribution in [0.1, 0.15) is 22.3 Å². The van der Waals surface area contributed by atoms with Crippen molar-refractivity contribution in [3.63, 3.8) is 0 Å². The van der Waals surface area contributed by atoms with Gasteiger partial charge in [0.1, 0.15) is 0 Å². The fraction of sp³-hybridized carbons (Fsp3) is 0.0222. The SMILES string of the molecule is c1ccc(C23c4ccccc4-c4cccc(c42)-c2c4ccccc4c(-c4ccc5sc6ccccc6c5c4)c4cccc3c24)cc1. The molecular formula is C45H26S. The summed E-state index contributed by atoms with van der Waals surface area (Å²) in [5.41, 5.74) is 13.1. The molecule has 0 nitrogen and oxygen atoms in total. The molecule has 0 aliphatic heterocycles. The Bertz CT molecular complexity index is 2750. The van der Waals surface area contributed by atoms with Crippen molar-refractivity contribution in [2.45, 2.75) is 5.41 Å². The van der Waals surface area contributed by atoms with Crippen LogP contribution in [0.25, 0.3) is 75.1 Å². The molecule has 0 amide bonds. The molecule has 9 aromatic rings.